The predicted molar refractivity (Wildman–Crippen MR) is 75.0 cm³/mol. The Balaban J connectivity index is 0.00000162. The van der Waals surface area contributed by atoms with Gasteiger partial charge >= 0.3 is 11.3 Å². The van der Waals surface area contributed by atoms with Crippen molar-refractivity contribution in [2.45, 2.75) is 51.1 Å². The van der Waals surface area contributed by atoms with Crippen molar-refractivity contribution >= 4 is 32.8 Å². The third-order valence-corrected chi connectivity index (χ3v) is 3.97. The number of piperidine rings is 2. The van der Waals surface area contributed by atoms with Gasteiger partial charge in [-0.3, -0.25) is 4.79 Å². The lowest BCUT2D eigenvalue weighted by atomic mass is 9.75. The Kier molecular flexibility index (Phi) is 5.87. The van der Waals surface area contributed by atoms with E-state index in [1.54, 1.807) is 0 Å². The second-order valence-electron chi connectivity index (χ2n) is 4.84. The summed E-state index contributed by atoms with van der Waals surface area (Å²) in [7, 11) is 0. The van der Waals surface area contributed by atoms with Gasteiger partial charge in [0.15, 0.2) is 0 Å². The third kappa shape index (κ3) is 2.97. The van der Waals surface area contributed by atoms with Gasteiger partial charge in [-0.15, -0.1) is 0 Å². The van der Waals surface area contributed by atoms with Crippen molar-refractivity contribution in [2.24, 2.45) is 5.92 Å². The highest BCUT2D eigenvalue weighted by molar-refractivity contribution is 6.92. The summed E-state index contributed by atoms with van der Waals surface area (Å²) in [6, 6.07) is -0.316. The number of amides is 1. The van der Waals surface area contributed by atoms with Crippen LogP contribution < -0.4 is 0 Å². The average Bonchev–Trinajstić information content (AvgIpc) is 2.36. The average molecular weight is 294 g/mol. The van der Waals surface area contributed by atoms with Gasteiger partial charge < -0.3 is 9.64 Å². The van der Waals surface area contributed by atoms with Crippen LogP contribution >= 0.6 is 21.5 Å². The summed E-state index contributed by atoms with van der Waals surface area (Å²) in [5.74, 6) is -0.0534. The Morgan fingerprint density at radius 3 is 2.39 bits per heavy atom. The molecule has 2 atom stereocenters. The molecule has 3 fully saturated rings. The summed E-state index contributed by atoms with van der Waals surface area (Å²) in [5, 5.41) is -0.516. The number of carbonyl (C=O) groups is 2. The fourth-order valence-corrected chi connectivity index (χ4v) is 3.24. The lowest BCUT2D eigenvalue weighted by Gasteiger charge is -2.48. The zero-order chi connectivity index (χ0) is 12.4. The molecule has 0 aromatic carbocycles. The second-order valence-corrected chi connectivity index (χ2v) is 5.16. The van der Waals surface area contributed by atoms with Gasteiger partial charge in [-0.05, 0) is 49.6 Å². The van der Waals surface area contributed by atoms with Gasteiger partial charge in [-0.1, -0.05) is 6.92 Å². The largest absolute Gasteiger partial charge is 0.464 e. The van der Waals surface area contributed by atoms with Crippen molar-refractivity contribution in [2.75, 3.05) is 6.61 Å². The Hall–Kier alpha value is -0.340. The number of nitrogens with zero attached hydrogens (tertiary/aromatic N) is 1. The maximum atomic E-state index is 12.0. The first-order valence-electron chi connectivity index (χ1n) is 6.29. The smallest absolute Gasteiger partial charge is 0.329 e. The number of esters is 1. The molecule has 2 saturated heterocycles. The summed E-state index contributed by atoms with van der Waals surface area (Å²) in [6.45, 7) is 2.36. The molecule has 104 valence electrons. The Morgan fingerprint density at radius 1 is 1.28 bits per heavy atom. The van der Waals surface area contributed by atoms with Gasteiger partial charge in [0.25, 0.3) is 0 Å². The summed E-state index contributed by atoms with van der Waals surface area (Å²) < 4.78 is 5.17. The quantitative estimate of drug-likeness (QED) is 0.348. The Bertz CT molecular complexity index is 318. The molecule has 2 heterocycles. The highest BCUT2D eigenvalue weighted by Crippen LogP contribution is 2.40. The van der Waals surface area contributed by atoms with Crippen LogP contribution in [0.3, 0.4) is 0 Å². The van der Waals surface area contributed by atoms with Crippen LogP contribution in [0.25, 0.3) is 0 Å². The van der Waals surface area contributed by atoms with Gasteiger partial charge in [0.2, 0.25) is 0 Å². The zero-order valence-corrected chi connectivity index (χ0v) is 12.9. The standard InChI is InChI=1S/C12H18ClNO3.H3P/c1-2-7-17-11(15)10-8-3-5-9(6-4-8)14(10)12(13)16;/h8-10H,2-7H2,1H3;1H3. The van der Waals surface area contributed by atoms with Gasteiger partial charge in [0.05, 0.1) is 6.61 Å². The second kappa shape index (κ2) is 6.72. The summed E-state index contributed by atoms with van der Waals surface area (Å²) in [4.78, 5) is 25.0. The molecule has 1 amide bonds. The summed E-state index contributed by atoms with van der Waals surface area (Å²) >= 11 is 5.60. The number of carbonyl (C=O) groups excluding carboxylic acids is 2. The van der Waals surface area contributed by atoms with E-state index in [-0.39, 0.29) is 27.8 Å². The molecule has 2 bridgehead atoms. The van der Waals surface area contributed by atoms with Crippen LogP contribution in [0.5, 0.6) is 0 Å². The molecule has 3 rings (SSSR count). The molecule has 2 aliphatic heterocycles. The fourth-order valence-electron chi connectivity index (χ4n) is 3.00. The highest BCUT2D eigenvalue weighted by Gasteiger charge is 2.47. The highest BCUT2D eigenvalue weighted by atomic mass is 35.5. The predicted octanol–water partition coefficient (Wildman–Crippen LogP) is 2.60. The SMILES string of the molecule is CCCOC(=O)C1C2CCC(CC2)N1C(=O)Cl.P. The number of hydrogen-bond acceptors (Lipinski definition) is 3. The van der Waals surface area contributed by atoms with Gasteiger partial charge in [-0.2, -0.15) is 9.90 Å². The minimum atomic E-state index is -0.516. The number of ether oxygens (including phenoxy) is 1. The van der Waals surface area contributed by atoms with E-state index in [1.807, 2.05) is 6.92 Å². The van der Waals surface area contributed by atoms with Crippen molar-refractivity contribution in [3.8, 4) is 0 Å². The number of fused-ring (bicyclic) bond motifs is 3. The van der Waals surface area contributed by atoms with Crippen LogP contribution in [0, 0.1) is 5.92 Å². The maximum Gasteiger partial charge on any atom is 0.329 e. The summed E-state index contributed by atoms with van der Waals surface area (Å²) in [5.41, 5.74) is 0. The van der Waals surface area contributed by atoms with Crippen molar-refractivity contribution in [1.82, 2.24) is 4.90 Å². The molecule has 18 heavy (non-hydrogen) atoms. The number of halogens is 1. The first kappa shape index (κ1) is 15.7. The van der Waals surface area contributed by atoms with E-state index in [2.05, 4.69) is 0 Å². The summed E-state index contributed by atoms with van der Waals surface area (Å²) in [6.07, 6.45) is 4.71. The molecule has 3 aliphatic rings. The molecule has 1 aliphatic carbocycles. The topological polar surface area (TPSA) is 46.6 Å². The molecule has 0 aromatic rings. The molecule has 0 aromatic heterocycles. The van der Waals surface area contributed by atoms with Crippen LogP contribution in [0.2, 0.25) is 0 Å². The fraction of sp³-hybridized carbons (Fsp3) is 0.833. The van der Waals surface area contributed by atoms with Crippen molar-refractivity contribution < 1.29 is 14.3 Å². The molecular formula is C12H21ClNO3P. The van der Waals surface area contributed by atoms with E-state index < -0.39 is 11.4 Å². The van der Waals surface area contributed by atoms with E-state index in [0.29, 0.717) is 6.61 Å². The van der Waals surface area contributed by atoms with E-state index in [9.17, 15) is 9.59 Å². The number of hydrogen-bond donors (Lipinski definition) is 0. The molecule has 4 nitrogen and oxygen atoms in total. The zero-order valence-electron chi connectivity index (χ0n) is 10.7. The monoisotopic (exact) mass is 293 g/mol. The molecule has 1 saturated carbocycles. The third-order valence-electron chi connectivity index (χ3n) is 3.77. The van der Waals surface area contributed by atoms with Gasteiger partial charge in [0, 0.05) is 6.04 Å². The van der Waals surface area contributed by atoms with E-state index in [0.717, 1.165) is 32.1 Å². The van der Waals surface area contributed by atoms with E-state index >= 15 is 0 Å². The molecule has 0 spiro atoms. The van der Waals surface area contributed by atoms with E-state index in [1.165, 1.54) is 4.90 Å². The van der Waals surface area contributed by atoms with Gasteiger partial charge in [-0.25, -0.2) is 4.79 Å². The van der Waals surface area contributed by atoms with Crippen molar-refractivity contribution in [3.63, 3.8) is 0 Å². The minimum absolute atomic E-state index is 0. The Labute approximate surface area is 116 Å². The molecule has 2 unspecified atom stereocenters. The van der Waals surface area contributed by atoms with Crippen LogP contribution in [-0.2, 0) is 9.53 Å². The first-order valence-corrected chi connectivity index (χ1v) is 6.67. The minimum Gasteiger partial charge on any atom is -0.464 e. The normalized spacial score (nSPS) is 29.7. The van der Waals surface area contributed by atoms with Crippen LogP contribution in [0.1, 0.15) is 39.0 Å². The molecule has 0 N–H and O–H groups in total. The molecular weight excluding hydrogens is 273 g/mol. The lowest BCUT2D eigenvalue weighted by molar-refractivity contribution is -0.156. The molecule has 0 radical (unpaired) electrons. The van der Waals surface area contributed by atoms with Crippen molar-refractivity contribution in [3.05, 3.63) is 0 Å². The Morgan fingerprint density at radius 2 is 1.89 bits per heavy atom. The number of rotatable bonds is 3. The molecule has 6 heteroatoms. The van der Waals surface area contributed by atoms with Crippen LogP contribution in [-0.4, -0.2) is 34.9 Å². The first-order chi connectivity index (χ1) is 8.15. The van der Waals surface area contributed by atoms with E-state index in [4.69, 9.17) is 16.3 Å². The van der Waals surface area contributed by atoms with Gasteiger partial charge in [0.1, 0.15) is 6.04 Å². The van der Waals surface area contributed by atoms with Crippen molar-refractivity contribution in [1.29, 1.82) is 0 Å². The lowest BCUT2D eigenvalue weighted by Crippen LogP contribution is -2.59. The maximum absolute atomic E-state index is 12.0. The van der Waals surface area contributed by atoms with Crippen LogP contribution in [0.15, 0.2) is 0 Å². The van der Waals surface area contributed by atoms with Crippen LogP contribution in [0.4, 0.5) is 4.79 Å².